The van der Waals surface area contributed by atoms with Crippen molar-refractivity contribution in [1.29, 1.82) is 0 Å². The Morgan fingerprint density at radius 2 is 2.11 bits per heavy atom. The first-order valence-corrected chi connectivity index (χ1v) is 9.77. The molecule has 0 unspecified atom stereocenters. The zero-order valence-electron chi connectivity index (χ0n) is 15.9. The maximum Gasteiger partial charge on any atom is 0.237 e. The van der Waals surface area contributed by atoms with E-state index in [-0.39, 0.29) is 24.3 Å². The molecule has 2 heterocycles. The van der Waals surface area contributed by atoms with Gasteiger partial charge in [-0.05, 0) is 25.8 Å². The third-order valence-electron chi connectivity index (χ3n) is 5.05. The van der Waals surface area contributed by atoms with Crippen molar-refractivity contribution in [1.82, 2.24) is 15.5 Å². The summed E-state index contributed by atoms with van der Waals surface area (Å²) in [6.45, 7) is 5.78. The van der Waals surface area contributed by atoms with Gasteiger partial charge in [0.1, 0.15) is 5.75 Å². The minimum absolute atomic E-state index is 0.0768. The van der Waals surface area contributed by atoms with Crippen molar-refractivity contribution in [3.8, 4) is 5.75 Å². The summed E-state index contributed by atoms with van der Waals surface area (Å²) in [7, 11) is 0. The summed E-state index contributed by atoms with van der Waals surface area (Å²) >= 11 is 0. The topological polar surface area (TPSA) is 79.9 Å². The van der Waals surface area contributed by atoms with Crippen LogP contribution in [0.1, 0.15) is 31.7 Å². The number of carbonyl (C=O) groups is 2. The van der Waals surface area contributed by atoms with Crippen LogP contribution < -0.4 is 15.4 Å². The minimum Gasteiger partial charge on any atom is -0.494 e. The zero-order chi connectivity index (χ0) is 19.1. The SMILES string of the molecule is CCOc1ccccc1CN1CCNC(=O)[C@H]1CC(=O)NC1CCOCC1. The fourth-order valence-corrected chi connectivity index (χ4v) is 3.63. The number of hydrogen-bond acceptors (Lipinski definition) is 5. The lowest BCUT2D eigenvalue weighted by atomic mass is 10.0. The lowest BCUT2D eigenvalue weighted by Gasteiger charge is -2.35. The second kappa shape index (κ2) is 9.71. The van der Waals surface area contributed by atoms with Crippen LogP contribution >= 0.6 is 0 Å². The smallest absolute Gasteiger partial charge is 0.237 e. The molecule has 2 aliphatic heterocycles. The molecule has 0 aliphatic carbocycles. The summed E-state index contributed by atoms with van der Waals surface area (Å²) in [4.78, 5) is 27.0. The van der Waals surface area contributed by atoms with Crippen LogP contribution in [-0.2, 0) is 20.9 Å². The van der Waals surface area contributed by atoms with Gasteiger partial charge in [-0.1, -0.05) is 18.2 Å². The Kier molecular flexibility index (Phi) is 7.06. The van der Waals surface area contributed by atoms with Gasteiger partial charge in [-0.2, -0.15) is 0 Å². The molecule has 148 valence electrons. The largest absolute Gasteiger partial charge is 0.494 e. The van der Waals surface area contributed by atoms with Crippen LogP contribution in [0.15, 0.2) is 24.3 Å². The van der Waals surface area contributed by atoms with E-state index in [4.69, 9.17) is 9.47 Å². The van der Waals surface area contributed by atoms with Crippen LogP contribution in [-0.4, -0.2) is 61.7 Å². The van der Waals surface area contributed by atoms with E-state index in [1.807, 2.05) is 31.2 Å². The van der Waals surface area contributed by atoms with E-state index in [2.05, 4.69) is 15.5 Å². The fourth-order valence-electron chi connectivity index (χ4n) is 3.63. The van der Waals surface area contributed by atoms with Crippen LogP contribution in [0.3, 0.4) is 0 Å². The minimum atomic E-state index is -0.465. The first kappa shape index (κ1) is 19.6. The van der Waals surface area contributed by atoms with E-state index in [1.54, 1.807) is 0 Å². The monoisotopic (exact) mass is 375 g/mol. The first-order chi connectivity index (χ1) is 13.2. The molecular formula is C20H29N3O4. The number of nitrogens with one attached hydrogen (secondary N) is 2. The maximum atomic E-state index is 12.5. The summed E-state index contributed by atoms with van der Waals surface area (Å²) in [5, 5.41) is 5.94. The highest BCUT2D eigenvalue weighted by molar-refractivity contribution is 5.88. The van der Waals surface area contributed by atoms with E-state index in [0.29, 0.717) is 39.5 Å². The van der Waals surface area contributed by atoms with Gasteiger partial charge in [0.25, 0.3) is 0 Å². The number of amides is 2. The van der Waals surface area contributed by atoms with Crippen molar-refractivity contribution in [3.05, 3.63) is 29.8 Å². The molecule has 1 aromatic carbocycles. The summed E-state index contributed by atoms with van der Waals surface area (Å²) in [5.74, 6) is 0.667. The highest BCUT2D eigenvalue weighted by Gasteiger charge is 2.32. The number of carbonyl (C=O) groups excluding carboxylic acids is 2. The molecule has 1 aromatic rings. The molecule has 0 aromatic heterocycles. The Bertz CT molecular complexity index is 646. The van der Waals surface area contributed by atoms with Crippen molar-refractivity contribution >= 4 is 11.8 Å². The average molecular weight is 375 g/mol. The molecule has 0 spiro atoms. The number of para-hydroxylation sites is 1. The Morgan fingerprint density at radius 3 is 2.89 bits per heavy atom. The Hall–Kier alpha value is -2.12. The molecular weight excluding hydrogens is 346 g/mol. The van der Waals surface area contributed by atoms with Crippen molar-refractivity contribution in [2.24, 2.45) is 0 Å². The lowest BCUT2D eigenvalue weighted by molar-refractivity contribution is -0.134. The zero-order valence-corrected chi connectivity index (χ0v) is 15.9. The van der Waals surface area contributed by atoms with Gasteiger partial charge in [-0.25, -0.2) is 0 Å². The van der Waals surface area contributed by atoms with Crippen LogP contribution in [0.4, 0.5) is 0 Å². The Morgan fingerprint density at radius 1 is 1.33 bits per heavy atom. The molecule has 2 amide bonds. The molecule has 1 atom stereocenters. The number of hydrogen-bond donors (Lipinski definition) is 2. The van der Waals surface area contributed by atoms with Gasteiger partial charge in [0.05, 0.1) is 19.1 Å². The van der Waals surface area contributed by atoms with Crippen LogP contribution in [0.5, 0.6) is 5.75 Å². The lowest BCUT2D eigenvalue weighted by Crippen LogP contribution is -2.56. The van der Waals surface area contributed by atoms with Crippen LogP contribution in [0.2, 0.25) is 0 Å². The van der Waals surface area contributed by atoms with Crippen molar-refractivity contribution < 1.29 is 19.1 Å². The average Bonchev–Trinajstić information content (AvgIpc) is 2.67. The second-order valence-electron chi connectivity index (χ2n) is 6.98. The predicted octanol–water partition coefficient (Wildman–Crippen LogP) is 1.07. The standard InChI is InChI=1S/C20H29N3O4/c1-2-27-18-6-4-3-5-15(18)14-23-10-9-21-20(25)17(23)13-19(24)22-16-7-11-26-12-8-16/h3-6,16-17H,2,7-14H2,1H3,(H,21,25)(H,22,24)/t17-/m1/s1. The number of nitrogens with zero attached hydrogens (tertiary/aromatic N) is 1. The summed E-state index contributed by atoms with van der Waals surface area (Å²) in [5.41, 5.74) is 1.03. The third-order valence-corrected chi connectivity index (χ3v) is 5.05. The molecule has 2 N–H and O–H groups in total. The molecule has 2 fully saturated rings. The van der Waals surface area contributed by atoms with E-state index in [0.717, 1.165) is 24.2 Å². The number of piperazine rings is 1. The molecule has 2 saturated heterocycles. The fraction of sp³-hybridized carbons (Fsp3) is 0.600. The van der Waals surface area contributed by atoms with E-state index in [9.17, 15) is 9.59 Å². The highest BCUT2D eigenvalue weighted by Crippen LogP contribution is 2.22. The predicted molar refractivity (Wildman–Crippen MR) is 101 cm³/mol. The molecule has 3 rings (SSSR count). The Balaban J connectivity index is 1.64. The first-order valence-electron chi connectivity index (χ1n) is 9.77. The molecule has 7 heteroatoms. The summed E-state index contributed by atoms with van der Waals surface area (Å²) < 4.78 is 11.0. The Labute approximate surface area is 160 Å². The maximum absolute atomic E-state index is 12.5. The van der Waals surface area contributed by atoms with Crippen molar-refractivity contribution in [2.75, 3.05) is 32.9 Å². The van der Waals surface area contributed by atoms with Crippen LogP contribution in [0.25, 0.3) is 0 Å². The molecule has 0 bridgehead atoms. The number of rotatable bonds is 7. The number of benzene rings is 1. The number of ether oxygens (including phenoxy) is 2. The molecule has 0 radical (unpaired) electrons. The van der Waals surface area contributed by atoms with Gasteiger partial charge in [0.2, 0.25) is 11.8 Å². The second-order valence-corrected chi connectivity index (χ2v) is 6.98. The van der Waals surface area contributed by atoms with Gasteiger partial charge in [-0.3, -0.25) is 14.5 Å². The molecule has 2 aliphatic rings. The summed E-state index contributed by atoms with van der Waals surface area (Å²) in [6.07, 6.45) is 1.82. The van der Waals surface area contributed by atoms with Gasteiger partial charge < -0.3 is 20.1 Å². The normalized spacial score (nSPS) is 21.5. The van der Waals surface area contributed by atoms with E-state index in [1.165, 1.54) is 0 Å². The van der Waals surface area contributed by atoms with Crippen LogP contribution in [0, 0.1) is 0 Å². The van der Waals surface area contributed by atoms with E-state index < -0.39 is 6.04 Å². The van der Waals surface area contributed by atoms with Gasteiger partial charge in [0.15, 0.2) is 0 Å². The molecule has 0 saturated carbocycles. The third kappa shape index (κ3) is 5.43. The van der Waals surface area contributed by atoms with Crippen molar-refractivity contribution in [2.45, 2.75) is 44.8 Å². The summed E-state index contributed by atoms with van der Waals surface area (Å²) in [6, 6.07) is 7.54. The van der Waals surface area contributed by atoms with E-state index >= 15 is 0 Å². The van der Waals surface area contributed by atoms with Gasteiger partial charge in [0, 0.05) is 44.5 Å². The molecule has 7 nitrogen and oxygen atoms in total. The van der Waals surface area contributed by atoms with Crippen molar-refractivity contribution in [3.63, 3.8) is 0 Å². The van der Waals surface area contributed by atoms with Gasteiger partial charge >= 0.3 is 0 Å². The van der Waals surface area contributed by atoms with Gasteiger partial charge in [-0.15, -0.1) is 0 Å². The highest BCUT2D eigenvalue weighted by atomic mass is 16.5. The molecule has 27 heavy (non-hydrogen) atoms. The quantitative estimate of drug-likeness (QED) is 0.745.